The van der Waals surface area contributed by atoms with Gasteiger partial charge in [-0.05, 0) is 44.3 Å². The summed E-state index contributed by atoms with van der Waals surface area (Å²) in [5.74, 6) is 1.50. The summed E-state index contributed by atoms with van der Waals surface area (Å²) in [6, 6.07) is 4.75. The molecular formula is C18H29N3O2. The van der Waals surface area contributed by atoms with Crippen molar-refractivity contribution in [3.05, 3.63) is 23.9 Å². The van der Waals surface area contributed by atoms with Crippen molar-refractivity contribution in [2.75, 3.05) is 46.5 Å². The summed E-state index contributed by atoms with van der Waals surface area (Å²) in [4.78, 5) is 9.46. The number of hydrogen-bond donors (Lipinski definition) is 0. The molecule has 0 N–H and O–H groups in total. The number of piperidine rings is 1. The summed E-state index contributed by atoms with van der Waals surface area (Å²) in [5, 5.41) is 0. The van der Waals surface area contributed by atoms with E-state index in [0.717, 1.165) is 38.8 Å². The molecule has 3 heterocycles. The highest BCUT2D eigenvalue weighted by molar-refractivity contribution is 5.17. The molecule has 0 spiro atoms. The number of rotatable bonds is 5. The molecule has 2 aliphatic heterocycles. The van der Waals surface area contributed by atoms with Crippen molar-refractivity contribution in [3.63, 3.8) is 0 Å². The maximum absolute atomic E-state index is 5.47. The molecule has 5 nitrogen and oxygen atoms in total. The van der Waals surface area contributed by atoms with Gasteiger partial charge in [0.2, 0.25) is 5.88 Å². The minimum absolute atomic E-state index is 0.684. The predicted octanol–water partition coefficient (Wildman–Crippen LogP) is 2.02. The quantitative estimate of drug-likeness (QED) is 0.830. The fourth-order valence-electron chi connectivity index (χ4n) is 3.76. The third kappa shape index (κ3) is 4.43. The van der Waals surface area contributed by atoms with E-state index in [0.29, 0.717) is 11.9 Å². The topological polar surface area (TPSA) is 37.8 Å². The Morgan fingerprint density at radius 3 is 2.57 bits per heavy atom. The smallest absolute Gasteiger partial charge is 0.212 e. The van der Waals surface area contributed by atoms with Gasteiger partial charge in [0.05, 0.1) is 20.3 Å². The largest absolute Gasteiger partial charge is 0.481 e. The Bertz CT molecular complexity index is 466. The minimum Gasteiger partial charge on any atom is -0.481 e. The van der Waals surface area contributed by atoms with Crippen molar-refractivity contribution < 1.29 is 9.47 Å². The standard InChI is InChI=1S/C18H29N3O2/c1-15(21-9-11-23-12-10-21)17-5-7-20(8-6-17)14-16-3-4-18(22-2)19-13-16/h3-4,13,15,17H,5-12,14H2,1-2H3/t15-/m0/s1. The summed E-state index contributed by atoms with van der Waals surface area (Å²) < 4.78 is 10.6. The van der Waals surface area contributed by atoms with Crippen LogP contribution in [0.5, 0.6) is 5.88 Å². The van der Waals surface area contributed by atoms with Gasteiger partial charge in [-0.1, -0.05) is 6.07 Å². The molecule has 1 atom stereocenters. The highest BCUT2D eigenvalue weighted by Crippen LogP contribution is 2.25. The van der Waals surface area contributed by atoms with Gasteiger partial charge in [-0.3, -0.25) is 9.80 Å². The van der Waals surface area contributed by atoms with Crippen molar-refractivity contribution in [2.24, 2.45) is 5.92 Å². The van der Waals surface area contributed by atoms with Gasteiger partial charge >= 0.3 is 0 Å². The molecule has 2 fully saturated rings. The van der Waals surface area contributed by atoms with Gasteiger partial charge in [-0.15, -0.1) is 0 Å². The molecule has 5 heteroatoms. The van der Waals surface area contributed by atoms with Crippen LogP contribution in [-0.2, 0) is 11.3 Å². The Kier molecular flexibility index (Phi) is 5.86. The summed E-state index contributed by atoms with van der Waals surface area (Å²) in [7, 11) is 1.66. The molecule has 3 rings (SSSR count). The van der Waals surface area contributed by atoms with Gasteiger partial charge in [0.1, 0.15) is 0 Å². The van der Waals surface area contributed by atoms with Crippen molar-refractivity contribution in [1.82, 2.24) is 14.8 Å². The Morgan fingerprint density at radius 1 is 1.22 bits per heavy atom. The number of aromatic nitrogens is 1. The molecule has 128 valence electrons. The molecular weight excluding hydrogens is 290 g/mol. The number of pyridine rings is 1. The third-order valence-corrected chi connectivity index (χ3v) is 5.35. The predicted molar refractivity (Wildman–Crippen MR) is 90.6 cm³/mol. The van der Waals surface area contributed by atoms with Crippen LogP contribution in [0.3, 0.4) is 0 Å². The van der Waals surface area contributed by atoms with Crippen molar-refractivity contribution in [2.45, 2.75) is 32.4 Å². The summed E-state index contributed by atoms with van der Waals surface area (Å²) in [5.41, 5.74) is 1.27. The number of morpholine rings is 1. The molecule has 2 aliphatic rings. The third-order valence-electron chi connectivity index (χ3n) is 5.35. The monoisotopic (exact) mass is 319 g/mol. The number of methoxy groups -OCH3 is 1. The fourth-order valence-corrected chi connectivity index (χ4v) is 3.76. The van der Waals surface area contributed by atoms with Crippen LogP contribution in [0.1, 0.15) is 25.3 Å². The molecule has 0 bridgehead atoms. The van der Waals surface area contributed by atoms with Gasteiger partial charge in [0, 0.05) is 37.9 Å². The van der Waals surface area contributed by atoms with Crippen LogP contribution >= 0.6 is 0 Å². The number of hydrogen-bond acceptors (Lipinski definition) is 5. The minimum atomic E-state index is 0.684. The maximum Gasteiger partial charge on any atom is 0.212 e. The Labute approximate surface area is 139 Å². The Balaban J connectivity index is 1.45. The fraction of sp³-hybridized carbons (Fsp3) is 0.722. The second-order valence-electron chi connectivity index (χ2n) is 6.71. The zero-order chi connectivity index (χ0) is 16.1. The maximum atomic E-state index is 5.47. The van der Waals surface area contributed by atoms with Crippen LogP contribution in [0.4, 0.5) is 0 Å². The molecule has 1 aromatic heterocycles. The molecule has 0 radical (unpaired) electrons. The Hall–Kier alpha value is -1.17. The van der Waals surface area contributed by atoms with Crippen molar-refractivity contribution in [1.29, 1.82) is 0 Å². The van der Waals surface area contributed by atoms with E-state index in [1.54, 1.807) is 7.11 Å². The SMILES string of the molecule is COc1ccc(CN2CCC([C@H](C)N3CCOCC3)CC2)cn1. The van der Waals surface area contributed by atoms with E-state index in [2.05, 4.69) is 27.8 Å². The van der Waals surface area contributed by atoms with Crippen molar-refractivity contribution >= 4 is 0 Å². The van der Waals surface area contributed by atoms with E-state index in [1.165, 1.54) is 31.5 Å². The highest BCUT2D eigenvalue weighted by Gasteiger charge is 2.28. The van der Waals surface area contributed by atoms with E-state index in [9.17, 15) is 0 Å². The number of ether oxygens (including phenoxy) is 2. The van der Waals surface area contributed by atoms with E-state index < -0.39 is 0 Å². The molecule has 23 heavy (non-hydrogen) atoms. The van der Waals surface area contributed by atoms with Crippen LogP contribution < -0.4 is 4.74 Å². The van der Waals surface area contributed by atoms with Gasteiger partial charge in [0.15, 0.2) is 0 Å². The molecule has 1 aromatic rings. The first-order valence-corrected chi connectivity index (χ1v) is 8.79. The lowest BCUT2D eigenvalue weighted by Gasteiger charge is -2.41. The van der Waals surface area contributed by atoms with Crippen LogP contribution in [0.2, 0.25) is 0 Å². The average molecular weight is 319 g/mol. The first kappa shape index (κ1) is 16.7. The molecule has 0 aliphatic carbocycles. The highest BCUT2D eigenvalue weighted by atomic mass is 16.5. The van der Waals surface area contributed by atoms with Crippen LogP contribution in [0.25, 0.3) is 0 Å². The van der Waals surface area contributed by atoms with E-state index >= 15 is 0 Å². The van der Waals surface area contributed by atoms with E-state index in [-0.39, 0.29) is 0 Å². The number of likely N-dealkylation sites (tertiary alicyclic amines) is 1. The average Bonchev–Trinajstić information content (AvgIpc) is 2.63. The second-order valence-corrected chi connectivity index (χ2v) is 6.71. The first-order valence-electron chi connectivity index (χ1n) is 8.79. The number of nitrogens with zero attached hydrogens (tertiary/aromatic N) is 3. The molecule has 0 unspecified atom stereocenters. The van der Waals surface area contributed by atoms with Gasteiger partial charge in [-0.2, -0.15) is 0 Å². The lowest BCUT2D eigenvalue weighted by atomic mass is 9.89. The zero-order valence-electron chi connectivity index (χ0n) is 14.4. The Morgan fingerprint density at radius 2 is 1.96 bits per heavy atom. The molecule has 2 saturated heterocycles. The molecule has 0 aromatic carbocycles. The normalized spacial score (nSPS) is 22.9. The van der Waals surface area contributed by atoms with Crippen LogP contribution in [0, 0.1) is 5.92 Å². The summed E-state index contributed by atoms with van der Waals surface area (Å²) >= 11 is 0. The summed E-state index contributed by atoms with van der Waals surface area (Å²) in [6.45, 7) is 9.75. The van der Waals surface area contributed by atoms with Crippen LogP contribution in [0.15, 0.2) is 18.3 Å². The molecule has 0 amide bonds. The summed E-state index contributed by atoms with van der Waals surface area (Å²) in [6.07, 6.45) is 4.52. The van der Waals surface area contributed by atoms with Gasteiger partial charge in [0.25, 0.3) is 0 Å². The van der Waals surface area contributed by atoms with Gasteiger partial charge in [-0.25, -0.2) is 4.98 Å². The lowest BCUT2D eigenvalue weighted by molar-refractivity contribution is -0.00192. The van der Waals surface area contributed by atoms with E-state index in [1.807, 2.05) is 12.3 Å². The van der Waals surface area contributed by atoms with Crippen LogP contribution in [-0.4, -0.2) is 67.3 Å². The van der Waals surface area contributed by atoms with E-state index in [4.69, 9.17) is 9.47 Å². The molecule has 0 saturated carbocycles. The zero-order valence-corrected chi connectivity index (χ0v) is 14.4. The van der Waals surface area contributed by atoms with Crippen molar-refractivity contribution in [3.8, 4) is 5.88 Å². The second kappa shape index (κ2) is 8.08. The lowest BCUT2D eigenvalue weighted by Crippen LogP contribution is -2.48. The first-order chi connectivity index (χ1) is 11.3. The van der Waals surface area contributed by atoms with Gasteiger partial charge < -0.3 is 9.47 Å².